The van der Waals surface area contributed by atoms with Gasteiger partial charge in [0.2, 0.25) is 0 Å². The molecule has 0 spiro atoms. The SMILES string of the molecule is CCOC(=O)CCN(C)C(=O)c1ccc(CNC(=O)c2ccc(C(C)(C)C)cc2)cc1. The summed E-state index contributed by atoms with van der Waals surface area (Å²) < 4.78 is 4.88. The number of esters is 1. The van der Waals surface area contributed by atoms with E-state index in [2.05, 4.69) is 26.1 Å². The van der Waals surface area contributed by atoms with Crippen molar-refractivity contribution in [1.29, 1.82) is 0 Å². The van der Waals surface area contributed by atoms with Crippen LogP contribution in [0.15, 0.2) is 48.5 Å². The number of rotatable bonds is 8. The molecule has 0 aliphatic carbocycles. The fraction of sp³-hybridized carbons (Fsp3) is 0.400. The van der Waals surface area contributed by atoms with E-state index in [1.807, 2.05) is 36.4 Å². The lowest BCUT2D eigenvalue weighted by molar-refractivity contribution is -0.143. The first-order chi connectivity index (χ1) is 14.6. The number of ether oxygens (including phenoxy) is 1. The highest BCUT2D eigenvalue weighted by Gasteiger charge is 2.15. The van der Waals surface area contributed by atoms with E-state index in [1.165, 1.54) is 10.5 Å². The Morgan fingerprint density at radius 3 is 2.06 bits per heavy atom. The maximum Gasteiger partial charge on any atom is 0.307 e. The topological polar surface area (TPSA) is 75.7 Å². The van der Waals surface area contributed by atoms with Gasteiger partial charge in [0, 0.05) is 31.3 Å². The molecule has 2 aromatic rings. The van der Waals surface area contributed by atoms with E-state index in [1.54, 1.807) is 26.1 Å². The highest BCUT2D eigenvalue weighted by molar-refractivity contribution is 5.95. The Labute approximate surface area is 184 Å². The minimum atomic E-state index is -0.318. The molecular weight excluding hydrogens is 392 g/mol. The monoisotopic (exact) mass is 424 g/mol. The van der Waals surface area contributed by atoms with Crippen LogP contribution in [-0.4, -0.2) is 42.9 Å². The summed E-state index contributed by atoms with van der Waals surface area (Å²) in [6, 6.07) is 14.7. The van der Waals surface area contributed by atoms with Crippen LogP contribution in [0.5, 0.6) is 0 Å². The Morgan fingerprint density at radius 2 is 1.52 bits per heavy atom. The highest BCUT2D eigenvalue weighted by Crippen LogP contribution is 2.22. The van der Waals surface area contributed by atoms with Gasteiger partial charge in [-0.3, -0.25) is 14.4 Å². The van der Waals surface area contributed by atoms with Crippen LogP contribution < -0.4 is 5.32 Å². The minimum absolute atomic E-state index is 0.0427. The quantitative estimate of drug-likeness (QED) is 0.652. The minimum Gasteiger partial charge on any atom is -0.466 e. The van der Waals surface area contributed by atoms with Gasteiger partial charge < -0.3 is 15.0 Å². The highest BCUT2D eigenvalue weighted by atomic mass is 16.5. The van der Waals surface area contributed by atoms with E-state index in [-0.39, 0.29) is 29.6 Å². The van der Waals surface area contributed by atoms with Gasteiger partial charge in [-0.25, -0.2) is 0 Å². The van der Waals surface area contributed by atoms with Gasteiger partial charge in [-0.05, 0) is 47.7 Å². The van der Waals surface area contributed by atoms with Gasteiger partial charge >= 0.3 is 5.97 Å². The van der Waals surface area contributed by atoms with Crippen LogP contribution in [-0.2, 0) is 21.5 Å². The average molecular weight is 425 g/mol. The van der Waals surface area contributed by atoms with Crippen molar-refractivity contribution in [3.05, 3.63) is 70.8 Å². The number of nitrogens with one attached hydrogen (secondary N) is 1. The van der Waals surface area contributed by atoms with Gasteiger partial charge in [-0.15, -0.1) is 0 Å². The van der Waals surface area contributed by atoms with Crippen LogP contribution in [0, 0.1) is 0 Å². The van der Waals surface area contributed by atoms with E-state index in [9.17, 15) is 14.4 Å². The van der Waals surface area contributed by atoms with Crippen molar-refractivity contribution < 1.29 is 19.1 Å². The second-order valence-corrected chi connectivity index (χ2v) is 8.49. The molecule has 0 aromatic heterocycles. The molecule has 0 fully saturated rings. The third kappa shape index (κ3) is 7.24. The molecule has 31 heavy (non-hydrogen) atoms. The maximum atomic E-state index is 12.5. The van der Waals surface area contributed by atoms with Crippen LogP contribution in [0.1, 0.15) is 66.0 Å². The lowest BCUT2D eigenvalue weighted by atomic mass is 9.87. The van der Waals surface area contributed by atoms with Crippen molar-refractivity contribution >= 4 is 17.8 Å². The standard InChI is InChI=1S/C25H32N2O4/c1-6-31-22(28)15-16-27(5)24(30)20-9-7-18(8-10-20)17-26-23(29)19-11-13-21(14-12-19)25(2,3)4/h7-14H,6,15-17H2,1-5H3,(H,26,29). The van der Waals surface area contributed by atoms with Gasteiger partial charge in [0.05, 0.1) is 13.0 Å². The molecule has 0 saturated heterocycles. The summed E-state index contributed by atoms with van der Waals surface area (Å²) in [5, 5.41) is 2.90. The van der Waals surface area contributed by atoms with Gasteiger partial charge in [0.15, 0.2) is 0 Å². The van der Waals surface area contributed by atoms with Crippen LogP contribution in [0.2, 0.25) is 0 Å². The summed E-state index contributed by atoms with van der Waals surface area (Å²) in [7, 11) is 1.65. The third-order valence-electron chi connectivity index (χ3n) is 4.97. The normalized spacial score (nSPS) is 11.0. The summed E-state index contributed by atoms with van der Waals surface area (Å²) in [6.07, 6.45) is 0.164. The molecule has 0 atom stereocenters. The summed E-state index contributed by atoms with van der Waals surface area (Å²) >= 11 is 0. The molecule has 0 aliphatic rings. The van der Waals surface area contributed by atoms with Gasteiger partial charge in [0.25, 0.3) is 11.8 Å². The molecule has 2 rings (SSSR count). The Hall–Kier alpha value is -3.15. The van der Waals surface area contributed by atoms with Crippen molar-refractivity contribution in [3.63, 3.8) is 0 Å². The number of carbonyl (C=O) groups is 3. The van der Waals surface area contributed by atoms with Crippen molar-refractivity contribution in [2.75, 3.05) is 20.2 Å². The molecule has 0 aliphatic heterocycles. The van der Waals surface area contributed by atoms with E-state index in [0.717, 1.165) is 5.56 Å². The fourth-order valence-corrected chi connectivity index (χ4v) is 2.99. The maximum absolute atomic E-state index is 12.5. The molecule has 2 aromatic carbocycles. The fourth-order valence-electron chi connectivity index (χ4n) is 2.99. The van der Waals surface area contributed by atoms with Crippen LogP contribution in [0.25, 0.3) is 0 Å². The predicted molar refractivity (Wildman–Crippen MR) is 121 cm³/mol. The Balaban J connectivity index is 1.88. The number of hydrogen-bond donors (Lipinski definition) is 1. The number of benzene rings is 2. The molecule has 0 bridgehead atoms. The number of amides is 2. The zero-order valence-corrected chi connectivity index (χ0v) is 19.0. The molecule has 6 heteroatoms. The molecule has 0 unspecified atom stereocenters. The van der Waals surface area contributed by atoms with Gasteiger partial charge in [-0.1, -0.05) is 45.0 Å². The largest absolute Gasteiger partial charge is 0.466 e. The van der Waals surface area contributed by atoms with Gasteiger partial charge in [0.1, 0.15) is 0 Å². The van der Waals surface area contributed by atoms with Crippen molar-refractivity contribution in [3.8, 4) is 0 Å². The lowest BCUT2D eigenvalue weighted by Crippen LogP contribution is -2.29. The van der Waals surface area contributed by atoms with Gasteiger partial charge in [-0.2, -0.15) is 0 Å². The molecular formula is C25H32N2O4. The lowest BCUT2D eigenvalue weighted by Gasteiger charge is -2.19. The summed E-state index contributed by atoms with van der Waals surface area (Å²) in [6.45, 7) is 9.14. The van der Waals surface area contributed by atoms with Crippen LogP contribution in [0.4, 0.5) is 0 Å². The Bertz CT molecular complexity index is 897. The van der Waals surface area contributed by atoms with E-state index >= 15 is 0 Å². The van der Waals surface area contributed by atoms with E-state index < -0.39 is 0 Å². The second kappa shape index (κ2) is 10.8. The Kier molecular flexibility index (Phi) is 8.37. The molecule has 6 nitrogen and oxygen atoms in total. The molecule has 1 N–H and O–H groups in total. The zero-order chi connectivity index (χ0) is 23.0. The van der Waals surface area contributed by atoms with E-state index in [0.29, 0.717) is 30.8 Å². The smallest absolute Gasteiger partial charge is 0.307 e. The first-order valence-electron chi connectivity index (χ1n) is 10.5. The predicted octanol–water partition coefficient (Wildman–Crippen LogP) is 3.94. The summed E-state index contributed by atoms with van der Waals surface area (Å²) in [5.41, 5.74) is 3.25. The van der Waals surface area contributed by atoms with Crippen molar-refractivity contribution in [2.24, 2.45) is 0 Å². The number of carbonyl (C=O) groups excluding carboxylic acids is 3. The Morgan fingerprint density at radius 1 is 0.935 bits per heavy atom. The molecule has 166 valence electrons. The first-order valence-corrected chi connectivity index (χ1v) is 10.5. The average Bonchev–Trinajstić information content (AvgIpc) is 2.75. The zero-order valence-electron chi connectivity index (χ0n) is 19.0. The van der Waals surface area contributed by atoms with Crippen molar-refractivity contribution in [2.45, 2.75) is 46.1 Å². The molecule has 0 heterocycles. The summed E-state index contributed by atoms with van der Waals surface area (Å²) in [4.78, 5) is 37.8. The first kappa shape index (κ1) is 24.1. The van der Waals surface area contributed by atoms with Crippen LogP contribution >= 0.6 is 0 Å². The number of nitrogens with zero attached hydrogens (tertiary/aromatic N) is 1. The summed E-state index contributed by atoms with van der Waals surface area (Å²) in [5.74, 6) is -0.626. The molecule has 2 amide bonds. The molecule has 0 saturated carbocycles. The van der Waals surface area contributed by atoms with Crippen LogP contribution in [0.3, 0.4) is 0 Å². The third-order valence-corrected chi connectivity index (χ3v) is 4.97. The molecule has 0 radical (unpaired) electrons. The second-order valence-electron chi connectivity index (χ2n) is 8.49. The number of hydrogen-bond acceptors (Lipinski definition) is 4. The van der Waals surface area contributed by atoms with E-state index in [4.69, 9.17) is 4.74 Å². The van der Waals surface area contributed by atoms with Crippen molar-refractivity contribution in [1.82, 2.24) is 10.2 Å².